The summed E-state index contributed by atoms with van der Waals surface area (Å²) in [6.45, 7) is 9.64. The number of benzene rings is 2. The lowest BCUT2D eigenvalue weighted by Gasteiger charge is -2.14. The van der Waals surface area contributed by atoms with Crippen LogP contribution in [-0.4, -0.2) is 159 Å². The number of hydrogen-bond acceptors (Lipinski definition) is 15. The van der Waals surface area contributed by atoms with Gasteiger partial charge in [-0.15, -0.1) is 0 Å². The maximum Gasteiger partial charge on any atom is 0.126 e. The zero-order valence-electron chi connectivity index (χ0n) is 29.6. The summed E-state index contributed by atoms with van der Waals surface area (Å²) in [5.41, 5.74) is 0. The van der Waals surface area contributed by atoms with Gasteiger partial charge in [-0.1, -0.05) is 0 Å². The van der Waals surface area contributed by atoms with E-state index in [2.05, 4.69) is 0 Å². The van der Waals surface area contributed by atoms with E-state index in [0.29, 0.717) is 193 Å². The van der Waals surface area contributed by atoms with Gasteiger partial charge in [-0.25, -0.2) is 0 Å². The molecule has 0 spiro atoms. The molecule has 3 heterocycles. The third-order valence-corrected chi connectivity index (χ3v) is 6.92. The monoisotopic (exact) mass is 726 g/mol. The molecule has 15 heteroatoms. The van der Waals surface area contributed by atoms with Crippen molar-refractivity contribution in [1.29, 1.82) is 0 Å². The Balaban J connectivity index is 1.36. The molecule has 0 unspecified atom stereocenters. The van der Waals surface area contributed by atoms with Gasteiger partial charge >= 0.3 is 0 Å². The van der Waals surface area contributed by atoms with E-state index >= 15 is 0 Å². The highest BCUT2D eigenvalue weighted by Gasteiger charge is 2.08. The Kier molecular flexibility index (Phi) is 21.9. The van der Waals surface area contributed by atoms with Crippen LogP contribution in [0.3, 0.4) is 0 Å². The zero-order valence-corrected chi connectivity index (χ0v) is 29.6. The van der Waals surface area contributed by atoms with Crippen LogP contribution in [0.25, 0.3) is 0 Å². The largest absolute Gasteiger partial charge is 0.491 e. The van der Waals surface area contributed by atoms with Crippen LogP contribution in [0.15, 0.2) is 36.4 Å². The van der Waals surface area contributed by atoms with Crippen molar-refractivity contribution in [1.82, 2.24) is 0 Å². The number of rotatable bonds is 0. The van der Waals surface area contributed by atoms with E-state index in [9.17, 15) is 0 Å². The molecule has 5 rings (SSSR count). The molecule has 0 aromatic heterocycles. The van der Waals surface area contributed by atoms with Gasteiger partial charge in [0.1, 0.15) is 74.1 Å². The summed E-state index contributed by atoms with van der Waals surface area (Å²) in [6, 6.07) is 10.8. The Morgan fingerprint density at radius 2 is 0.294 bits per heavy atom. The van der Waals surface area contributed by atoms with Crippen molar-refractivity contribution in [3.8, 4) is 34.5 Å². The summed E-state index contributed by atoms with van der Waals surface area (Å²) in [5.74, 6) is 3.58. The van der Waals surface area contributed by atoms with Crippen molar-refractivity contribution in [2.24, 2.45) is 0 Å². The molecule has 3 aliphatic rings. The van der Waals surface area contributed by atoms with Gasteiger partial charge < -0.3 is 71.1 Å². The molecule has 6 bridgehead atoms. The van der Waals surface area contributed by atoms with E-state index in [4.69, 9.17) is 71.1 Å². The fraction of sp³-hybridized carbons (Fsp3) is 0.667. The topological polar surface area (TPSA) is 138 Å². The lowest BCUT2D eigenvalue weighted by molar-refractivity contribution is 0.00366. The summed E-state index contributed by atoms with van der Waals surface area (Å²) in [7, 11) is 0. The molecule has 3 aliphatic heterocycles. The highest BCUT2D eigenvalue weighted by Crippen LogP contribution is 2.29. The van der Waals surface area contributed by atoms with Crippen molar-refractivity contribution < 1.29 is 71.1 Å². The molecule has 15 nitrogen and oxygen atoms in total. The Hall–Kier alpha value is -3.12. The van der Waals surface area contributed by atoms with Crippen molar-refractivity contribution in [3.63, 3.8) is 0 Å². The smallest absolute Gasteiger partial charge is 0.126 e. The third kappa shape index (κ3) is 19.9. The Bertz CT molecular complexity index is 905. The van der Waals surface area contributed by atoms with Crippen LogP contribution in [0.1, 0.15) is 0 Å². The van der Waals surface area contributed by atoms with Gasteiger partial charge in [-0.2, -0.15) is 0 Å². The van der Waals surface area contributed by atoms with E-state index < -0.39 is 0 Å². The molecular formula is C36H54O15. The molecule has 0 radical (unpaired) electrons. The van der Waals surface area contributed by atoms with Crippen LogP contribution in [0.4, 0.5) is 0 Å². The van der Waals surface area contributed by atoms with Crippen LogP contribution in [0.5, 0.6) is 34.5 Å². The Morgan fingerprint density at radius 1 is 0.176 bits per heavy atom. The summed E-state index contributed by atoms with van der Waals surface area (Å²) in [6.07, 6.45) is 0. The highest BCUT2D eigenvalue weighted by molar-refractivity contribution is 5.43. The first-order chi connectivity index (χ1) is 25.3. The molecule has 51 heavy (non-hydrogen) atoms. The van der Waals surface area contributed by atoms with Crippen molar-refractivity contribution in [3.05, 3.63) is 36.4 Å². The van der Waals surface area contributed by atoms with Gasteiger partial charge in [-0.3, -0.25) is 0 Å². The van der Waals surface area contributed by atoms with Crippen LogP contribution in [0.2, 0.25) is 0 Å². The van der Waals surface area contributed by atoms with Crippen LogP contribution >= 0.6 is 0 Å². The summed E-state index contributed by atoms with van der Waals surface area (Å²) >= 11 is 0. The van der Waals surface area contributed by atoms with Crippen molar-refractivity contribution in [2.75, 3.05) is 159 Å². The first-order valence-electron chi connectivity index (χ1n) is 17.6. The van der Waals surface area contributed by atoms with Gasteiger partial charge in [0.15, 0.2) is 0 Å². The lowest BCUT2D eigenvalue weighted by atomic mass is 10.3. The predicted molar refractivity (Wildman–Crippen MR) is 183 cm³/mol. The van der Waals surface area contributed by atoms with E-state index in [1.54, 1.807) is 0 Å². The van der Waals surface area contributed by atoms with Crippen LogP contribution in [-0.2, 0) is 42.6 Å². The molecule has 0 aliphatic carbocycles. The number of hydrogen-bond donors (Lipinski definition) is 0. The van der Waals surface area contributed by atoms with Gasteiger partial charge in [0.2, 0.25) is 0 Å². The number of ether oxygens (including phenoxy) is 15. The Labute approximate surface area is 300 Å². The van der Waals surface area contributed by atoms with Gasteiger partial charge in [-0.05, 0) is 0 Å². The molecule has 0 atom stereocenters. The first kappa shape index (κ1) is 40.6. The van der Waals surface area contributed by atoms with E-state index in [0.717, 1.165) is 0 Å². The van der Waals surface area contributed by atoms with E-state index in [1.807, 2.05) is 36.4 Å². The molecule has 0 amide bonds. The second-order valence-electron chi connectivity index (χ2n) is 10.9. The molecule has 0 saturated heterocycles. The van der Waals surface area contributed by atoms with Crippen LogP contribution in [0, 0.1) is 0 Å². The fourth-order valence-corrected chi connectivity index (χ4v) is 4.53. The summed E-state index contributed by atoms with van der Waals surface area (Å²) in [4.78, 5) is 0. The van der Waals surface area contributed by atoms with Crippen LogP contribution < -0.4 is 28.4 Å². The second kappa shape index (κ2) is 27.5. The zero-order chi connectivity index (χ0) is 35.3. The molecule has 2 aromatic carbocycles. The molecule has 0 fully saturated rings. The normalized spacial score (nSPS) is 20.5. The van der Waals surface area contributed by atoms with Gasteiger partial charge in [0.05, 0.1) is 119 Å². The fourth-order valence-electron chi connectivity index (χ4n) is 4.53. The number of fused-ring (bicyclic) bond motifs is 36. The van der Waals surface area contributed by atoms with Gasteiger partial charge in [0, 0.05) is 36.4 Å². The van der Waals surface area contributed by atoms with Gasteiger partial charge in [0.25, 0.3) is 0 Å². The predicted octanol–water partition coefficient (Wildman–Crippen LogP) is 2.84. The van der Waals surface area contributed by atoms with E-state index in [-0.39, 0.29) is 0 Å². The SMILES string of the molecule is c1c2cc3cc1OCCOCCOCCOCCOc1cc(cc(c1)OCCOCCOCCOCCO3)OCCOCCOCCOCCO2. The average Bonchev–Trinajstić information content (AvgIpc) is 3.13. The Morgan fingerprint density at radius 3 is 0.431 bits per heavy atom. The van der Waals surface area contributed by atoms with Crippen molar-refractivity contribution in [2.45, 2.75) is 0 Å². The lowest BCUT2D eigenvalue weighted by Crippen LogP contribution is -2.15. The maximum absolute atomic E-state index is 5.93. The quantitative estimate of drug-likeness (QED) is 0.368. The third-order valence-electron chi connectivity index (χ3n) is 6.92. The highest BCUT2D eigenvalue weighted by atomic mass is 16.6. The summed E-state index contributed by atoms with van der Waals surface area (Å²) in [5, 5.41) is 0. The maximum atomic E-state index is 5.93. The van der Waals surface area contributed by atoms with E-state index in [1.165, 1.54) is 0 Å². The second-order valence-corrected chi connectivity index (χ2v) is 10.9. The standard InChI is InChI=1S/C36H54O15/c1-7-40-13-19-46-31-25-32-27-33(26-31)49-22-16-43-10-4-39-6-12-45-18-24-51-36-29-34(47-20-14-41-8-2-37-1)28-35(30-36)50-23-17-44-11-5-38-3-9-42-15-21-48-32/h25-30H,1-24H2. The molecule has 2 aromatic rings. The minimum Gasteiger partial charge on any atom is -0.491 e. The van der Waals surface area contributed by atoms with Crippen molar-refractivity contribution >= 4 is 0 Å². The first-order valence-corrected chi connectivity index (χ1v) is 17.6. The molecule has 0 N–H and O–H groups in total. The average molecular weight is 727 g/mol. The minimum absolute atomic E-state index is 0.344. The summed E-state index contributed by atoms with van der Waals surface area (Å²) < 4.78 is 86.4. The molecular weight excluding hydrogens is 672 g/mol. The minimum atomic E-state index is 0.344. The molecule has 288 valence electrons. The molecule has 0 saturated carbocycles.